The van der Waals surface area contributed by atoms with Crippen LogP contribution in [-0.2, 0) is 0 Å². The number of aromatic amines is 1. The summed E-state index contributed by atoms with van der Waals surface area (Å²) in [5, 5.41) is 16.5. The lowest BCUT2D eigenvalue weighted by molar-refractivity contribution is 0.102. The Morgan fingerprint density at radius 3 is 3.00 bits per heavy atom. The molecule has 18 heavy (non-hydrogen) atoms. The van der Waals surface area contributed by atoms with Crippen LogP contribution in [0.25, 0.3) is 0 Å². The van der Waals surface area contributed by atoms with Crippen LogP contribution < -0.4 is 5.32 Å². The van der Waals surface area contributed by atoms with E-state index in [0.29, 0.717) is 17.3 Å². The SMILES string of the molecule is O=C(Nc1cn[nH]n1)c1conc1C1CCCC1. The van der Waals surface area contributed by atoms with Crippen LogP contribution in [-0.4, -0.2) is 26.5 Å². The predicted molar refractivity (Wildman–Crippen MR) is 62.0 cm³/mol. The molecule has 1 amide bonds. The van der Waals surface area contributed by atoms with E-state index in [2.05, 4.69) is 25.9 Å². The fraction of sp³-hybridized carbons (Fsp3) is 0.455. The first kappa shape index (κ1) is 10.9. The number of aromatic nitrogens is 4. The van der Waals surface area contributed by atoms with E-state index in [1.54, 1.807) is 0 Å². The predicted octanol–water partition coefficient (Wildman–Crippen LogP) is 1.70. The third kappa shape index (κ3) is 1.99. The van der Waals surface area contributed by atoms with E-state index < -0.39 is 0 Å². The van der Waals surface area contributed by atoms with Crippen LogP contribution >= 0.6 is 0 Å². The maximum atomic E-state index is 12.1. The van der Waals surface area contributed by atoms with Crippen molar-refractivity contribution in [2.75, 3.05) is 5.32 Å². The van der Waals surface area contributed by atoms with Crippen molar-refractivity contribution in [3.8, 4) is 0 Å². The van der Waals surface area contributed by atoms with Gasteiger partial charge in [0.2, 0.25) is 0 Å². The van der Waals surface area contributed by atoms with Crippen molar-refractivity contribution in [1.82, 2.24) is 20.6 Å². The van der Waals surface area contributed by atoms with Gasteiger partial charge in [0.05, 0.1) is 11.9 Å². The minimum atomic E-state index is -0.257. The summed E-state index contributed by atoms with van der Waals surface area (Å²) in [5.74, 6) is 0.465. The molecule has 2 heterocycles. The van der Waals surface area contributed by atoms with Crippen molar-refractivity contribution in [3.05, 3.63) is 23.7 Å². The van der Waals surface area contributed by atoms with Crippen LogP contribution in [0.3, 0.4) is 0 Å². The fourth-order valence-corrected chi connectivity index (χ4v) is 2.35. The zero-order valence-electron chi connectivity index (χ0n) is 9.72. The third-order valence-corrected chi connectivity index (χ3v) is 3.24. The van der Waals surface area contributed by atoms with Gasteiger partial charge in [-0.1, -0.05) is 18.0 Å². The number of amides is 1. The number of hydrogen-bond donors (Lipinski definition) is 2. The van der Waals surface area contributed by atoms with Gasteiger partial charge in [-0.25, -0.2) is 0 Å². The average Bonchev–Trinajstić information content (AvgIpc) is 3.11. The summed E-state index contributed by atoms with van der Waals surface area (Å²) in [5.41, 5.74) is 1.25. The molecule has 1 aliphatic rings. The smallest absolute Gasteiger partial charge is 0.262 e. The molecule has 0 unspecified atom stereocenters. The van der Waals surface area contributed by atoms with Crippen molar-refractivity contribution >= 4 is 11.7 Å². The Bertz CT molecular complexity index is 527. The monoisotopic (exact) mass is 247 g/mol. The van der Waals surface area contributed by atoms with Crippen LogP contribution in [0.2, 0.25) is 0 Å². The number of carbonyl (C=O) groups is 1. The second-order valence-corrected chi connectivity index (χ2v) is 4.40. The van der Waals surface area contributed by atoms with Crippen LogP contribution in [0.15, 0.2) is 17.0 Å². The zero-order chi connectivity index (χ0) is 12.4. The molecule has 0 radical (unpaired) electrons. The van der Waals surface area contributed by atoms with Gasteiger partial charge in [-0.15, -0.1) is 5.10 Å². The number of carbonyl (C=O) groups excluding carboxylic acids is 1. The second kappa shape index (κ2) is 4.59. The third-order valence-electron chi connectivity index (χ3n) is 3.24. The molecule has 1 saturated carbocycles. The highest BCUT2D eigenvalue weighted by Crippen LogP contribution is 2.35. The molecule has 0 atom stereocenters. The molecule has 1 aliphatic carbocycles. The Labute approximate surface area is 103 Å². The number of rotatable bonds is 3. The number of hydrogen-bond acceptors (Lipinski definition) is 5. The normalized spacial score (nSPS) is 16.0. The second-order valence-electron chi connectivity index (χ2n) is 4.40. The number of nitrogens with one attached hydrogen (secondary N) is 2. The Morgan fingerprint density at radius 2 is 2.28 bits per heavy atom. The van der Waals surface area contributed by atoms with Crippen molar-refractivity contribution in [2.45, 2.75) is 31.6 Å². The highest BCUT2D eigenvalue weighted by Gasteiger charge is 2.26. The minimum absolute atomic E-state index is 0.257. The Hall–Kier alpha value is -2.18. The zero-order valence-corrected chi connectivity index (χ0v) is 9.72. The maximum absolute atomic E-state index is 12.1. The van der Waals surface area contributed by atoms with Crippen LogP contribution in [0.5, 0.6) is 0 Å². The summed E-state index contributed by atoms with van der Waals surface area (Å²) in [6, 6.07) is 0. The van der Waals surface area contributed by atoms with Gasteiger partial charge in [-0.3, -0.25) is 4.79 Å². The molecule has 0 aromatic carbocycles. The van der Waals surface area contributed by atoms with E-state index >= 15 is 0 Å². The first-order chi connectivity index (χ1) is 8.84. The van der Waals surface area contributed by atoms with Crippen LogP contribution in [0.1, 0.15) is 47.7 Å². The lowest BCUT2D eigenvalue weighted by atomic mass is 10.0. The van der Waals surface area contributed by atoms with E-state index in [1.807, 2.05) is 0 Å². The molecule has 0 spiro atoms. The summed E-state index contributed by atoms with van der Waals surface area (Å²) in [6.07, 6.45) is 7.33. The lowest BCUT2D eigenvalue weighted by Crippen LogP contribution is -2.14. The summed E-state index contributed by atoms with van der Waals surface area (Å²) in [7, 11) is 0. The van der Waals surface area contributed by atoms with Gasteiger partial charge in [0.15, 0.2) is 5.82 Å². The van der Waals surface area contributed by atoms with E-state index in [-0.39, 0.29) is 5.91 Å². The molecule has 2 aromatic rings. The molecule has 0 saturated heterocycles. The van der Waals surface area contributed by atoms with Gasteiger partial charge in [0.1, 0.15) is 11.8 Å². The summed E-state index contributed by atoms with van der Waals surface area (Å²) in [4.78, 5) is 12.1. The molecule has 2 N–H and O–H groups in total. The van der Waals surface area contributed by atoms with E-state index in [1.165, 1.54) is 25.3 Å². The maximum Gasteiger partial charge on any atom is 0.262 e. The standard InChI is InChI=1S/C11H13N5O2/c17-11(13-9-5-12-16-14-9)8-6-18-15-10(8)7-3-1-2-4-7/h5-7H,1-4H2,(H2,12,13,14,16,17). The van der Waals surface area contributed by atoms with Gasteiger partial charge in [0, 0.05) is 5.92 Å². The quantitative estimate of drug-likeness (QED) is 0.860. The largest absolute Gasteiger partial charge is 0.364 e. The van der Waals surface area contributed by atoms with Crippen molar-refractivity contribution < 1.29 is 9.32 Å². The summed E-state index contributed by atoms with van der Waals surface area (Å²) >= 11 is 0. The highest BCUT2D eigenvalue weighted by atomic mass is 16.5. The average molecular weight is 247 g/mol. The topological polar surface area (TPSA) is 96.7 Å². The molecule has 2 aromatic heterocycles. The molecule has 0 aliphatic heterocycles. The van der Waals surface area contributed by atoms with Crippen molar-refractivity contribution in [3.63, 3.8) is 0 Å². The van der Waals surface area contributed by atoms with Crippen molar-refractivity contribution in [2.24, 2.45) is 0 Å². The summed E-state index contributed by atoms with van der Waals surface area (Å²) in [6.45, 7) is 0. The molecule has 1 fully saturated rings. The van der Waals surface area contributed by atoms with Gasteiger partial charge < -0.3 is 9.84 Å². The van der Waals surface area contributed by atoms with E-state index in [9.17, 15) is 4.79 Å². The fourth-order valence-electron chi connectivity index (χ4n) is 2.35. The molecular weight excluding hydrogens is 234 g/mol. The molecule has 94 valence electrons. The molecule has 7 nitrogen and oxygen atoms in total. The molecular formula is C11H13N5O2. The number of anilines is 1. The Morgan fingerprint density at radius 1 is 1.44 bits per heavy atom. The minimum Gasteiger partial charge on any atom is -0.364 e. The van der Waals surface area contributed by atoms with Gasteiger partial charge in [-0.2, -0.15) is 10.3 Å². The van der Waals surface area contributed by atoms with Crippen LogP contribution in [0, 0.1) is 0 Å². The number of nitrogens with zero attached hydrogens (tertiary/aromatic N) is 3. The molecule has 7 heteroatoms. The lowest BCUT2D eigenvalue weighted by Gasteiger charge is -2.06. The van der Waals surface area contributed by atoms with Crippen LogP contribution in [0.4, 0.5) is 5.82 Å². The Balaban J connectivity index is 1.79. The molecule has 3 rings (SSSR count). The first-order valence-corrected chi connectivity index (χ1v) is 5.96. The summed E-state index contributed by atoms with van der Waals surface area (Å²) < 4.78 is 4.94. The molecule has 0 bridgehead atoms. The van der Waals surface area contributed by atoms with Crippen molar-refractivity contribution in [1.29, 1.82) is 0 Å². The van der Waals surface area contributed by atoms with Gasteiger partial charge in [0.25, 0.3) is 5.91 Å². The highest BCUT2D eigenvalue weighted by molar-refractivity contribution is 6.04. The van der Waals surface area contributed by atoms with Gasteiger partial charge >= 0.3 is 0 Å². The first-order valence-electron chi connectivity index (χ1n) is 5.96. The Kier molecular flexibility index (Phi) is 2.79. The van der Waals surface area contributed by atoms with E-state index in [0.717, 1.165) is 18.5 Å². The number of H-pyrrole nitrogens is 1. The van der Waals surface area contributed by atoms with E-state index in [4.69, 9.17) is 4.52 Å². The van der Waals surface area contributed by atoms with Gasteiger partial charge in [-0.05, 0) is 12.8 Å².